The zero-order chi connectivity index (χ0) is 10.9. The molecule has 0 atom stereocenters. The lowest BCUT2D eigenvalue weighted by Crippen LogP contribution is -2.16. The van der Waals surface area contributed by atoms with Crippen LogP contribution in [0, 0.1) is 0 Å². The van der Waals surface area contributed by atoms with Crippen LogP contribution in [0.3, 0.4) is 0 Å². The van der Waals surface area contributed by atoms with Gasteiger partial charge in [0.1, 0.15) is 10.8 Å². The molecule has 1 aromatic heterocycles. The molecule has 0 unspecified atom stereocenters. The summed E-state index contributed by atoms with van der Waals surface area (Å²) >= 11 is 5.24. The summed E-state index contributed by atoms with van der Waals surface area (Å²) in [7, 11) is 0. The number of aromatic nitrogens is 2. The van der Waals surface area contributed by atoms with Crippen molar-refractivity contribution in [1.29, 1.82) is 0 Å². The summed E-state index contributed by atoms with van der Waals surface area (Å²) in [6.45, 7) is 0.979. The van der Waals surface area contributed by atoms with Crippen molar-refractivity contribution in [2.45, 2.75) is 13.1 Å². The molecule has 1 heterocycles. The summed E-state index contributed by atoms with van der Waals surface area (Å²) in [5.74, 6) is -0.804. The Balaban J connectivity index is 3.38. The molecule has 0 aliphatic carbocycles. The third-order valence-electron chi connectivity index (χ3n) is 1.35. The standard InChI is InChI=1S/C7H4ClF3N2O/c1-3(14)5-6(7(9,10)11)13-4(8)2-12-5/h2H,1H3. The van der Waals surface area contributed by atoms with Crippen molar-refractivity contribution >= 4 is 17.4 Å². The topological polar surface area (TPSA) is 42.9 Å². The first-order valence-corrected chi connectivity index (χ1v) is 3.81. The van der Waals surface area contributed by atoms with Gasteiger partial charge in [-0.25, -0.2) is 9.97 Å². The molecule has 7 heteroatoms. The lowest BCUT2D eigenvalue weighted by atomic mass is 10.2. The second kappa shape index (κ2) is 3.53. The minimum absolute atomic E-state index is 0.401. The summed E-state index contributed by atoms with van der Waals surface area (Å²) in [6, 6.07) is 0. The van der Waals surface area contributed by atoms with Gasteiger partial charge in [-0.05, 0) is 0 Å². The fourth-order valence-corrected chi connectivity index (χ4v) is 0.956. The number of carbonyl (C=O) groups is 1. The van der Waals surface area contributed by atoms with Gasteiger partial charge < -0.3 is 0 Å². The van der Waals surface area contributed by atoms with Gasteiger partial charge in [0.25, 0.3) is 0 Å². The van der Waals surface area contributed by atoms with Gasteiger partial charge >= 0.3 is 6.18 Å². The maximum Gasteiger partial charge on any atom is 0.435 e. The van der Waals surface area contributed by atoms with Crippen molar-refractivity contribution in [3.05, 3.63) is 22.7 Å². The molecule has 0 radical (unpaired) electrons. The normalized spacial score (nSPS) is 11.5. The number of halogens is 4. The molecule has 0 bridgehead atoms. The third-order valence-corrected chi connectivity index (χ3v) is 1.53. The van der Waals surface area contributed by atoms with Gasteiger partial charge in [0.2, 0.25) is 0 Å². The Morgan fingerprint density at radius 2 is 2.07 bits per heavy atom. The van der Waals surface area contributed by atoms with Gasteiger partial charge in [-0.1, -0.05) is 11.6 Å². The molecule has 0 N–H and O–H groups in total. The fraction of sp³-hybridized carbons (Fsp3) is 0.286. The number of nitrogens with zero attached hydrogens (tertiary/aromatic N) is 2. The van der Waals surface area contributed by atoms with Gasteiger partial charge in [-0.15, -0.1) is 0 Å². The molecule has 0 saturated heterocycles. The highest BCUT2D eigenvalue weighted by molar-refractivity contribution is 6.29. The lowest BCUT2D eigenvalue weighted by Gasteiger charge is -2.08. The van der Waals surface area contributed by atoms with Gasteiger partial charge in [-0.2, -0.15) is 13.2 Å². The Hall–Kier alpha value is -1.17. The molecule has 14 heavy (non-hydrogen) atoms. The first kappa shape index (κ1) is 10.9. The van der Waals surface area contributed by atoms with E-state index in [9.17, 15) is 18.0 Å². The number of alkyl halides is 3. The Labute approximate surface area is 81.9 Å². The van der Waals surface area contributed by atoms with E-state index in [-0.39, 0.29) is 0 Å². The van der Waals surface area contributed by atoms with Gasteiger partial charge in [0, 0.05) is 6.92 Å². The van der Waals surface area contributed by atoms with Crippen LogP contribution in [0.2, 0.25) is 5.15 Å². The third kappa shape index (κ3) is 2.20. The molecule has 0 fully saturated rings. The smallest absolute Gasteiger partial charge is 0.293 e. The van der Waals surface area contributed by atoms with Crippen LogP contribution in [0.5, 0.6) is 0 Å². The maximum atomic E-state index is 12.3. The van der Waals surface area contributed by atoms with Gasteiger partial charge in [0.15, 0.2) is 11.5 Å². The molecule has 3 nitrogen and oxygen atoms in total. The van der Waals surface area contributed by atoms with Gasteiger partial charge in [-0.3, -0.25) is 4.79 Å². The Kier molecular flexibility index (Phi) is 2.75. The summed E-state index contributed by atoms with van der Waals surface area (Å²) in [5, 5.41) is -0.401. The average Bonchev–Trinajstić information content (AvgIpc) is 2.01. The van der Waals surface area contributed by atoms with Crippen LogP contribution < -0.4 is 0 Å². The van der Waals surface area contributed by atoms with Crippen molar-refractivity contribution in [3.63, 3.8) is 0 Å². The summed E-state index contributed by atoms with van der Waals surface area (Å²) in [4.78, 5) is 17.1. The van der Waals surface area contributed by atoms with E-state index >= 15 is 0 Å². The molecule has 0 amide bonds. The van der Waals surface area contributed by atoms with Crippen molar-refractivity contribution < 1.29 is 18.0 Å². The predicted molar refractivity (Wildman–Crippen MR) is 42.0 cm³/mol. The average molecular weight is 225 g/mol. The van der Waals surface area contributed by atoms with Crippen LogP contribution in [0.25, 0.3) is 0 Å². The van der Waals surface area contributed by atoms with E-state index in [1.165, 1.54) is 0 Å². The van der Waals surface area contributed by atoms with E-state index in [0.29, 0.717) is 0 Å². The first-order chi connectivity index (χ1) is 6.32. The Morgan fingerprint density at radius 3 is 2.50 bits per heavy atom. The molecular weight excluding hydrogens is 221 g/mol. The number of hydrogen-bond donors (Lipinski definition) is 0. The molecule has 0 aliphatic rings. The van der Waals surface area contributed by atoms with Crippen molar-refractivity contribution in [1.82, 2.24) is 9.97 Å². The summed E-state index contributed by atoms with van der Waals surface area (Å²) < 4.78 is 36.8. The maximum absolute atomic E-state index is 12.3. The van der Waals surface area contributed by atoms with Crippen molar-refractivity contribution in [2.75, 3.05) is 0 Å². The molecule has 0 aliphatic heterocycles. The van der Waals surface area contributed by atoms with Crippen LogP contribution in [0.4, 0.5) is 13.2 Å². The molecular formula is C7H4ClF3N2O. The second-order valence-corrected chi connectivity index (χ2v) is 2.83. The summed E-state index contributed by atoms with van der Waals surface area (Å²) in [5.41, 5.74) is -2.07. The van der Waals surface area contributed by atoms with Crippen LogP contribution in [0.15, 0.2) is 6.20 Å². The van der Waals surface area contributed by atoms with Crippen LogP contribution in [-0.2, 0) is 6.18 Å². The number of hydrogen-bond acceptors (Lipinski definition) is 3. The van der Waals surface area contributed by atoms with Crippen LogP contribution in [-0.4, -0.2) is 15.8 Å². The summed E-state index contributed by atoms with van der Waals surface area (Å²) in [6.07, 6.45) is -3.83. The molecule has 0 saturated carbocycles. The molecule has 0 aromatic carbocycles. The van der Waals surface area contributed by atoms with E-state index in [1.807, 2.05) is 0 Å². The van der Waals surface area contributed by atoms with Crippen LogP contribution >= 0.6 is 11.6 Å². The minimum atomic E-state index is -4.72. The molecule has 0 spiro atoms. The predicted octanol–water partition coefficient (Wildman–Crippen LogP) is 2.35. The highest BCUT2D eigenvalue weighted by Gasteiger charge is 2.37. The van der Waals surface area contributed by atoms with E-state index in [1.54, 1.807) is 0 Å². The number of Topliss-reactive ketones (excluding diaryl/α,β-unsaturated/α-hetero) is 1. The number of carbonyl (C=O) groups excluding carboxylic acids is 1. The van der Waals surface area contributed by atoms with E-state index in [4.69, 9.17) is 11.6 Å². The zero-order valence-corrected chi connectivity index (χ0v) is 7.65. The highest BCUT2D eigenvalue weighted by atomic mass is 35.5. The van der Waals surface area contributed by atoms with E-state index in [2.05, 4.69) is 9.97 Å². The number of ketones is 1. The quantitative estimate of drug-likeness (QED) is 0.688. The van der Waals surface area contributed by atoms with Crippen LogP contribution in [0.1, 0.15) is 23.1 Å². The van der Waals surface area contributed by atoms with E-state index in [0.717, 1.165) is 13.1 Å². The molecule has 76 valence electrons. The lowest BCUT2D eigenvalue weighted by molar-refractivity contribution is -0.141. The molecule has 1 rings (SSSR count). The highest BCUT2D eigenvalue weighted by Crippen LogP contribution is 2.30. The van der Waals surface area contributed by atoms with Gasteiger partial charge in [0.05, 0.1) is 6.20 Å². The Morgan fingerprint density at radius 1 is 1.50 bits per heavy atom. The Bertz CT molecular complexity index is 378. The fourth-order valence-electron chi connectivity index (χ4n) is 0.823. The first-order valence-electron chi connectivity index (χ1n) is 3.43. The molecule has 1 aromatic rings. The van der Waals surface area contributed by atoms with E-state index < -0.39 is 28.5 Å². The zero-order valence-electron chi connectivity index (χ0n) is 6.89. The monoisotopic (exact) mass is 224 g/mol. The van der Waals surface area contributed by atoms with Crippen molar-refractivity contribution in [3.8, 4) is 0 Å². The second-order valence-electron chi connectivity index (χ2n) is 2.44. The SMILES string of the molecule is CC(=O)c1ncc(Cl)nc1C(F)(F)F. The minimum Gasteiger partial charge on any atom is -0.293 e. The largest absolute Gasteiger partial charge is 0.435 e. The van der Waals surface area contributed by atoms with Crippen molar-refractivity contribution in [2.24, 2.45) is 0 Å². The number of rotatable bonds is 1.